The summed E-state index contributed by atoms with van der Waals surface area (Å²) in [7, 11) is 1.54. The maximum absolute atomic E-state index is 12.0. The summed E-state index contributed by atoms with van der Waals surface area (Å²) in [6.45, 7) is 2.14. The Labute approximate surface area is 118 Å². The Morgan fingerprint density at radius 3 is 2.85 bits per heavy atom. The maximum atomic E-state index is 12.0. The molecular formula is C15H19NO4. The van der Waals surface area contributed by atoms with Gasteiger partial charge in [-0.05, 0) is 31.2 Å². The molecule has 2 unspecified atom stereocenters. The minimum Gasteiger partial charge on any atom is -0.496 e. The van der Waals surface area contributed by atoms with Crippen molar-refractivity contribution in [3.8, 4) is 5.75 Å². The van der Waals surface area contributed by atoms with E-state index >= 15 is 0 Å². The first-order valence-corrected chi connectivity index (χ1v) is 6.85. The Bertz CT molecular complexity index is 527. The van der Waals surface area contributed by atoms with Crippen molar-refractivity contribution in [2.24, 2.45) is 11.8 Å². The van der Waals surface area contributed by atoms with Crippen molar-refractivity contribution < 1.29 is 14.5 Å². The van der Waals surface area contributed by atoms with Crippen molar-refractivity contribution in [1.29, 1.82) is 0 Å². The fourth-order valence-electron chi connectivity index (χ4n) is 2.83. The summed E-state index contributed by atoms with van der Waals surface area (Å²) < 4.78 is 5.25. The summed E-state index contributed by atoms with van der Waals surface area (Å²) in [6, 6.07) is 4.54. The molecule has 1 aromatic rings. The zero-order valence-corrected chi connectivity index (χ0v) is 11.8. The molecule has 5 nitrogen and oxygen atoms in total. The Morgan fingerprint density at radius 2 is 2.20 bits per heavy atom. The fourth-order valence-corrected chi connectivity index (χ4v) is 2.83. The molecule has 2 atom stereocenters. The highest BCUT2D eigenvalue weighted by molar-refractivity contribution is 5.82. The van der Waals surface area contributed by atoms with Gasteiger partial charge in [0.2, 0.25) is 0 Å². The molecule has 20 heavy (non-hydrogen) atoms. The largest absolute Gasteiger partial charge is 0.496 e. The van der Waals surface area contributed by atoms with Crippen LogP contribution in [0, 0.1) is 22.0 Å². The van der Waals surface area contributed by atoms with Gasteiger partial charge in [0.1, 0.15) is 11.5 Å². The average molecular weight is 277 g/mol. The number of carbonyl (C=O) groups excluding carboxylic acids is 1. The number of nitro groups is 1. The van der Waals surface area contributed by atoms with Gasteiger partial charge in [0, 0.05) is 30.0 Å². The first kappa shape index (κ1) is 14.5. The number of nitro benzene ring substituents is 1. The predicted molar refractivity (Wildman–Crippen MR) is 74.9 cm³/mol. The van der Waals surface area contributed by atoms with Crippen molar-refractivity contribution in [3.63, 3.8) is 0 Å². The highest BCUT2D eigenvalue weighted by Gasteiger charge is 2.27. The minimum absolute atomic E-state index is 0.0390. The van der Waals surface area contributed by atoms with Crippen molar-refractivity contribution >= 4 is 11.5 Å². The highest BCUT2D eigenvalue weighted by atomic mass is 16.6. The number of hydrogen-bond donors (Lipinski definition) is 0. The molecule has 5 heteroatoms. The molecule has 0 aliphatic heterocycles. The first-order valence-electron chi connectivity index (χ1n) is 6.85. The van der Waals surface area contributed by atoms with Crippen LogP contribution in [0.15, 0.2) is 18.2 Å². The number of hydrogen-bond acceptors (Lipinski definition) is 4. The molecule has 0 saturated heterocycles. The van der Waals surface area contributed by atoms with Gasteiger partial charge >= 0.3 is 0 Å². The fraction of sp³-hybridized carbons (Fsp3) is 0.533. The number of carbonyl (C=O) groups is 1. The Morgan fingerprint density at radius 1 is 1.45 bits per heavy atom. The molecule has 0 N–H and O–H groups in total. The Kier molecular flexibility index (Phi) is 4.37. The zero-order valence-electron chi connectivity index (χ0n) is 11.8. The van der Waals surface area contributed by atoms with Crippen LogP contribution in [0.25, 0.3) is 0 Å². The van der Waals surface area contributed by atoms with Gasteiger partial charge < -0.3 is 4.74 Å². The lowest BCUT2D eigenvalue weighted by atomic mass is 9.78. The van der Waals surface area contributed by atoms with Gasteiger partial charge in [-0.1, -0.05) is 6.92 Å². The Balaban J connectivity index is 2.24. The quantitative estimate of drug-likeness (QED) is 0.626. The molecule has 0 heterocycles. The Hall–Kier alpha value is -1.91. The molecule has 0 spiro atoms. The molecule has 108 valence electrons. The topological polar surface area (TPSA) is 69.4 Å². The normalized spacial score (nSPS) is 22.6. The molecule has 0 amide bonds. The van der Waals surface area contributed by atoms with E-state index in [-0.39, 0.29) is 17.4 Å². The van der Waals surface area contributed by atoms with Crippen LogP contribution in [0.5, 0.6) is 5.75 Å². The van der Waals surface area contributed by atoms with E-state index in [1.54, 1.807) is 6.07 Å². The van der Waals surface area contributed by atoms with E-state index in [0.29, 0.717) is 24.5 Å². The molecule has 0 radical (unpaired) electrons. The van der Waals surface area contributed by atoms with Gasteiger partial charge in [-0.3, -0.25) is 14.9 Å². The van der Waals surface area contributed by atoms with E-state index in [1.807, 2.05) is 0 Å². The van der Waals surface area contributed by atoms with Crippen LogP contribution in [-0.2, 0) is 11.2 Å². The van der Waals surface area contributed by atoms with E-state index in [1.165, 1.54) is 19.2 Å². The SMILES string of the molecule is COc1ccc([N+](=O)[O-])cc1CC1CC(C)CCC1=O. The molecule has 0 aromatic heterocycles. The number of non-ortho nitro benzene ring substituents is 1. The zero-order chi connectivity index (χ0) is 14.7. The summed E-state index contributed by atoms with van der Waals surface area (Å²) in [5.74, 6) is 1.36. The third-order valence-electron chi connectivity index (χ3n) is 3.97. The predicted octanol–water partition coefficient (Wildman–Crippen LogP) is 3.15. The second-order valence-corrected chi connectivity index (χ2v) is 5.50. The molecule has 1 aliphatic carbocycles. The molecule has 2 rings (SSSR count). The monoisotopic (exact) mass is 277 g/mol. The highest BCUT2D eigenvalue weighted by Crippen LogP contribution is 2.32. The first-order chi connectivity index (χ1) is 9.51. The second-order valence-electron chi connectivity index (χ2n) is 5.50. The maximum Gasteiger partial charge on any atom is 0.269 e. The third kappa shape index (κ3) is 3.15. The summed E-state index contributed by atoms with van der Waals surface area (Å²) in [5.41, 5.74) is 0.784. The molecular weight excluding hydrogens is 258 g/mol. The van der Waals surface area contributed by atoms with Gasteiger partial charge in [0.15, 0.2) is 0 Å². The third-order valence-corrected chi connectivity index (χ3v) is 3.97. The summed E-state index contributed by atoms with van der Waals surface area (Å²) >= 11 is 0. The number of rotatable bonds is 4. The van der Waals surface area contributed by atoms with E-state index in [4.69, 9.17) is 4.74 Å². The molecule has 1 saturated carbocycles. The average Bonchev–Trinajstić information content (AvgIpc) is 2.42. The van der Waals surface area contributed by atoms with Gasteiger partial charge in [-0.2, -0.15) is 0 Å². The number of ether oxygens (including phenoxy) is 1. The molecule has 0 bridgehead atoms. The standard InChI is InChI=1S/C15H19NO4/c1-10-3-5-14(17)11(7-10)8-12-9-13(16(18)19)4-6-15(12)20-2/h4,6,9-11H,3,5,7-8H2,1-2H3. The van der Waals surface area contributed by atoms with Gasteiger partial charge in [0.05, 0.1) is 12.0 Å². The van der Waals surface area contributed by atoms with Crippen molar-refractivity contribution in [2.45, 2.75) is 32.6 Å². The lowest BCUT2D eigenvalue weighted by Gasteiger charge is -2.26. The summed E-state index contributed by atoms with van der Waals surface area (Å²) in [4.78, 5) is 22.4. The van der Waals surface area contributed by atoms with Crippen molar-refractivity contribution in [2.75, 3.05) is 7.11 Å². The van der Waals surface area contributed by atoms with Crippen LogP contribution in [0.3, 0.4) is 0 Å². The van der Waals surface area contributed by atoms with Crippen LogP contribution in [0.1, 0.15) is 31.7 Å². The second kappa shape index (κ2) is 6.03. The number of nitrogens with zero attached hydrogens (tertiary/aromatic N) is 1. The number of Topliss-reactive ketones (excluding diaryl/α,β-unsaturated/α-hetero) is 1. The van der Waals surface area contributed by atoms with Crippen molar-refractivity contribution in [3.05, 3.63) is 33.9 Å². The minimum atomic E-state index is -0.422. The van der Waals surface area contributed by atoms with Gasteiger partial charge in [-0.25, -0.2) is 0 Å². The summed E-state index contributed by atoms with van der Waals surface area (Å²) in [6.07, 6.45) is 2.93. The van der Waals surface area contributed by atoms with Gasteiger partial charge in [0.25, 0.3) is 5.69 Å². The number of methoxy groups -OCH3 is 1. The smallest absolute Gasteiger partial charge is 0.269 e. The van der Waals surface area contributed by atoms with Crippen LogP contribution < -0.4 is 4.74 Å². The van der Waals surface area contributed by atoms with Crippen molar-refractivity contribution in [1.82, 2.24) is 0 Å². The lowest BCUT2D eigenvalue weighted by Crippen LogP contribution is -2.25. The molecule has 1 fully saturated rings. The molecule has 1 aromatic carbocycles. The van der Waals surface area contributed by atoms with E-state index in [9.17, 15) is 14.9 Å². The van der Waals surface area contributed by atoms with Gasteiger partial charge in [-0.15, -0.1) is 0 Å². The van der Waals surface area contributed by atoms with Crippen LogP contribution in [0.4, 0.5) is 5.69 Å². The van der Waals surface area contributed by atoms with Crippen LogP contribution in [0.2, 0.25) is 0 Å². The van der Waals surface area contributed by atoms with E-state index in [2.05, 4.69) is 6.92 Å². The van der Waals surface area contributed by atoms with E-state index < -0.39 is 4.92 Å². The number of ketones is 1. The molecule has 1 aliphatic rings. The lowest BCUT2D eigenvalue weighted by molar-refractivity contribution is -0.384. The van der Waals surface area contributed by atoms with Crippen LogP contribution >= 0.6 is 0 Å². The summed E-state index contributed by atoms with van der Waals surface area (Å²) in [5, 5.41) is 10.9. The van der Waals surface area contributed by atoms with Crippen LogP contribution in [-0.4, -0.2) is 17.8 Å². The van der Waals surface area contributed by atoms with E-state index in [0.717, 1.165) is 18.4 Å². The number of benzene rings is 1.